The number of para-hydroxylation sites is 1. The number of benzene rings is 3. The SMILES string of the molecule is Fc1cccc(-c2[nH]c3ccccc3c2C2CCN(CCc3ccccc3)CC2)c1F. The summed E-state index contributed by atoms with van der Waals surface area (Å²) in [6.07, 6.45) is 3.08. The van der Waals surface area contributed by atoms with Gasteiger partial charge in [-0.25, -0.2) is 8.78 Å². The molecule has 0 saturated carbocycles. The first-order chi connectivity index (χ1) is 15.2. The predicted octanol–water partition coefficient (Wildman–Crippen LogP) is 6.54. The van der Waals surface area contributed by atoms with Gasteiger partial charge in [0.2, 0.25) is 0 Å². The van der Waals surface area contributed by atoms with E-state index < -0.39 is 11.6 Å². The van der Waals surface area contributed by atoms with E-state index in [9.17, 15) is 8.78 Å². The molecule has 0 atom stereocenters. The Morgan fingerprint density at radius 3 is 2.39 bits per heavy atom. The summed E-state index contributed by atoms with van der Waals surface area (Å²) in [7, 11) is 0. The van der Waals surface area contributed by atoms with Crippen LogP contribution in [-0.4, -0.2) is 29.5 Å². The standard InChI is InChI=1S/C27H26F2N2/c28-23-11-6-10-22(26(23)29)27-25(21-9-4-5-12-24(21)30-27)20-14-17-31(18-15-20)16-13-19-7-2-1-3-8-19/h1-12,20,30H,13-18H2. The Bertz CT molecular complexity index is 1170. The molecule has 31 heavy (non-hydrogen) atoms. The lowest BCUT2D eigenvalue weighted by Gasteiger charge is -2.32. The van der Waals surface area contributed by atoms with Crippen molar-refractivity contribution >= 4 is 10.9 Å². The fraction of sp³-hybridized carbons (Fsp3) is 0.259. The van der Waals surface area contributed by atoms with Gasteiger partial charge >= 0.3 is 0 Å². The minimum absolute atomic E-state index is 0.317. The molecule has 1 aromatic heterocycles. The van der Waals surface area contributed by atoms with Gasteiger partial charge in [-0.1, -0.05) is 54.6 Å². The van der Waals surface area contributed by atoms with Crippen LogP contribution in [0.3, 0.4) is 0 Å². The highest BCUT2D eigenvalue weighted by molar-refractivity contribution is 5.91. The molecule has 158 valence electrons. The average Bonchev–Trinajstić information content (AvgIpc) is 3.20. The molecule has 0 unspecified atom stereocenters. The Labute approximate surface area is 181 Å². The molecule has 1 aliphatic rings. The normalized spacial score (nSPS) is 15.5. The third kappa shape index (κ3) is 4.00. The molecule has 2 nitrogen and oxygen atoms in total. The second kappa shape index (κ2) is 8.64. The first kappa shape index (κ1) is 20.0. The number of nitrogens with one attached hydrogen (secondary N) is 1. The number of H-pyrrole nitrogens is 1. The lowest BCUT2D eigenvalue weighted by molar-refractivity contribution is 0.215. The van der Waals surface area contributed by atoms with Crippen molar-refractivity contribution in [3.63, 3.8) is 0 Å². The van der Waals surface area contributed by atoms with Gasteiger partial charge in [-0.2, -0.15) is 0 Å². The topological polar surface area (TPSA) is 19.0 Å². The van der Waals surface area contributed by atoms with Crippen LogP contribution in [0.1, 0.15) is 29.9 Å². The molecule has 0 amide bonds. The van der Waals surface area contributed by atoms with Crippen molar-refractivity contribution < 1.29 is 8.78 Å². The summed E-state index contributed by atoms with van der Waals surface area (Å²) >= 11 is 0. The van der Waals surface area contributed by atoms with Gasteiger partial charge in [-0.05, 0) is 67.6 Å². The second-order valence-corrected chi connectivity index (χ2v) is 8.41. The number of fused-ring (bicyclic) bond motifs is 1. The number of piperidine rings is 1. The van der Waals surface area contributed by atoms with Crippen LogP contribution < -0.4 is 0 Å². The number of halogens is 2. The van der Waals surface area contributed by atoms with Crippen LogP contribution in [0.15, 0.2) is 72.8 Å². The maximum Gasteiger partial charge on any atom is 0.168 e. The zero-order chi connectivity index (χ0) is 21.2. The molecule has 5 rings (SSSR count). The van der Waals surface area contributed by atoms with E-state index in [2.05, 4.69) is 46.3 Å². The van der Waals surface area contributed by atoms with Crippen LogP contribution in [0.25, 0.3) is 22.2 Å². The van der Waals surface area contributed by atoms with Crippen LogP contribution >= 0.6 is 0 Å². The van der Waals surface area contributed by atoms with Crippen LogP contribution in [0.5, 0.6) is 0 Å². The average molecular weight is 417 g/mol. The molecule has 1 fully saturated rings. The van der Waals surface area contributed by atoms with Crippen molar-refractivity contribution in [2.45, 2.75) is 25.2 Å². The zero-order valence-corrected chi connectivity index (χ0v) is 17.5. The van der Waals surface area contributed by atoms with Crippen molar-refractivity contribution in [3.8, 4) is 11.3 Å². The number of aromatic amines is 1. The summed E-state index contributed by atoms with van der Waals surface area (Å²) in [5, 5.41) is 1.11. The summed E-state index contributed by atoms with van der Waals surface area (Å²) in [6.45, 7) is 3.08. The predicted molar refractivity (Wildman–Crippen MR) is 122 cm³/mol. The van der Waals surface area contributed by atoms with Crippen LogP contribution in [-0.2, 0) is 6.42 Å². The molecule has 0 spiro atoms. The molecule has 1 N–H and O–H groups in total. The lowest BCUT2D eigenvalue weighted by atomic mass is 9.86. The fourth-order valence-corrected chi connectivity index (χ4v) is 4.87. The molecule has 2 heterocycles. The molecule has 4 heteroatoms. The molecule has 1 saturated heterocycles. The van der Waals surface area contributed by atoms with E-state index in [1.807, 2.05) is 18.2 Å². The molecule has 1 aliphatic heterocycles. The maximum absolute atomic E-state index is 14.7. The quantitative estimate of drug-likeness (QED) is 0.392. The summed E-state index contributed by atoms with van der Waals surface area (Å²) in [5.74, 6) is -1.27. The largest absolute Gasteiger partial charge is 0.354 e. The number of likely N-dealkylation sites (tertiary alicyclic amines) is 1. The van der Waals surface area contributed by atoms with Gasteiger partial charge in [-0.3, -0.25) is 0 Å². The summed E-state index contributed by atoms with van der Waals surface area (Å²) in [4.78, 5) is 5.90. The Hall–Kier alpha value is -2.98. The first-order valence-corrected chi connectivity index (χ1v) is 11.0. The monoisotopic (exact) mass is 416 g/mol. The van der Waals surface area contributed by atoms with E-state index in [0.717, 1.165) is 61.1 Å². The van der Waals surface area contributed by atoms with Gasteiger partial charge in [-0.15, -0.1) is 0 Å². The summed E-state index contributed by atoms with van der Waals surface area (Å²) in [6, 6.07) is 23.1. The smallest absolute Gasteiger partial charge is 0.168 e. The highest BCUT2D eigenvalue weighted by atomic mass is 19.2. The molecule has 0 radical (unpaired) electrons. The van der Waals surface area contributed by atoms with Crippen LogP contribution in [0.2, 0.25) is 0 Å². The minimum atomic E-state index is -0.808. The third-order valence-corrected chi connectivity index (χ3v) is 6.52. The maximum atomic E-state index is 14.7. The van der Waals surface area contributed by atoms with E-state index in [0.29, 0.717) is 11.5 Å². The molecule has 3 aromatic carbocycles. The van der Waals surface area contributed by atoms with Crippen molar-refractivity contribution in [2.75, 3.05) is 19.6 Å². The van der Waals surface area contributed by atoms with Crippen molar-refractivity contribution in [3.05, 3.63) is 95.6 Å². The molecule has 0 bridgehead atoms. The highest BCUT2D eigenvalue weighted by Gasteiger charge is 2.27. The van der Waals surface area contributed by atoms with Crippen LogP contribution in [0, 0.1) is 11.6 Å². The zero-order valence-electron chi connectivity index (χ0n) is 17.5. The Morgan fingerprint density at radius 1 is 0.839 bits per heavy atom. The molecular weight excluding hydrogens is 390 g/mol. The molecular formula is C27H26F2N2. The number of hydrogen-bond donors (Lipinski definition) is 1. The Balaban J connectivity index is 1.40. The minimum Gasteiger partial charge on any atom is -0.354 e. The number of aromatic nitrogens is 1. The third-order valence-electron chi connectivity index (χ3n) is 6.52. The number of rotatable bonds is 5. The highest BCUT2D eigenvalue weighted by Crippen LogP contribution is 2.41. The van der Waals surface area contributed by atoms with Crippen molar-refractivity contribution in [1.82, 2.24) is 9.88 Å². The summed E-state index contributed by atoms with van der Waals surface area (Å²) in [5.41, 5.74) is 4.51. The van der Waals surface area contributed by atoms with E-state index in [-0.39, 0.29) is 0 Å². The van der Waals surface area contributed by atoms with E-state index >= 15 is 0 Å². The van der Waals surface area contributed by atoms with E-state index in [4.69, 9.17) is 0 Å². The molecule has 0 aliphatic carbocycles. The number of hydrogen-bond acceptors (Lipinski definition) is 1. The van der Waals surface area contributed by atoms with Crippen molar-refractivity contribution in [1.29, 1.82) is 0 Å². The Morgan fingerprint density at radius 2 is 1.58 bits per heavy atom. The van der Waals surface area contributed by atoms with Gasteiger partial charge in [0.1, 0.15) is 0 Å². The number of nitrogens with zero attached hydrogens (tertiary/aromatic N) is 1. The van der Waals surface area contributed by atoms with Gasteiger partial charge in [0.15, 0.2) is 11.6 Å². The molecule has 4 aromatic rings. The van der Waals surface area contributed by atoms with Gasteiger partial charge in [0.25, 0.3) is 0 Å². The Kier molecular flexibility index (Phi) is 5.56. The lowest BCUT2D eigenvalue weighted by Crippen LogP contribution is -2.34. The fourth-order valence-electron chi connectivity index (χ4n) is 4.87. The van der Waals surface area contributed by atoms with Crippen molar-refractivity contribution in [2.24, 2.45) is 0 Å². The van der Waals surface area contributed by atoms with E-state index in [1.165, 1.54) is 11.6 Å². The first-order valence-electron chi connectivity index (χ1n) is 11.0. The van der Waals surface area contributed by atoms with E-state index in [1.54, 1.807) is 12.1 Å². The van der Waals surface area contributed by atoms with Crippen LogP contribution in [0.4, 0.5) is 8.78 Å². The van der Waals surface area contributed by atoms with Gasteiger partial charge in [0, 0.05) is 23.0 Å². The van der Waals surface area contributed by atoms with Gasteiger partial charge < -0.3 is 9.88 Å². The second-order valence-electron chi connectivity index (χ2n) is 8.41. The summed E-state index contributed by atoms with van der Waals surface area (Å²) < 4.78 is 28.7. The van der Waals surface area contributed by atoms with Gasteiger partial charge in [0.05, 0.1) is 5.69 Å².